The van der Waals surface area contributed by atoms with Crippen molar-refractivity contribution in [1.82, 2.24) is 20.0 Å². The largest absolute Gasteiger partial charge is 0.326 e. The SMILES string of the molecule is Cc1cccc(NC(=O)CN2CCN(CN3C(=O)NC4(CCCCC4)C3=O)CC2)c1C. The van der Waals surface area contributed by atoms with Crippen molar-refractivity contribution < 1.29 is 14.4 Å². The van der Waals surface area contributed by atoms with E-state index in [2.05, 4.69) is 20.4 Å². The fourth-order valence-electron chi connectivity index (χ4n) is 4.87. The van der Waals surface area contributed by atoms with Crippen LogP contribution in [-0.2, 0) is 9.59 Å². The van der Waals surface area contributed by atoms with Crippen molar-refractivity contribution in [3.63, 3.8) is 0 Å². The van der Waals surface area contributed by atoms with Crippen LogP contribution in [0.15, 0.2) is 18.2 Å². The van der Waals surface area contributed by atoms with Gasteiger partial charge in [-0.1, -0.05) is 31.4 Å². The summed E-state index contributed by atoms with van der Waals surface area (Å²) in [6.45, 7) is 7.62. The van der Waals surface area contributed by atoms with Gasteiger partial charge in [-0.05, 0) is 43.9 Å². The lowest BCUT2D eigenvalue weighted by atomic mass is 9.82. The number of piperazine rings is 1. The monoisotopic (exact) mass is 427 g/mol. The molecule has 4 amide bonds. The summed E-state index contributed by atoms with van der Waals surface area (Å²) < 4.78 is 0. The molecule has 2 heterocycles. The molecular weight excluding hydrogens is 394 g/mol. The number of rotatable bonds is 5. The summed E-state index contributed by atoms with van der Waals surface area (Å²) in [4.78, 5) is 43.5. The molecule has 2 aliphatic heterocycles. The van der Waals surface area contributed by atoms with E-state index in [4.69, 9.17) is 0 Å². The third-order valence-electron chi connectivity index (χ3n) is 7.01. The van der Waals surface area contributed by atoms with Crippen molar-refractivity contribution in [3.8, 4) is 0 Å². The van der Waals surface area contributed by atoms with Gasteiger partial charge in [-0.25, -0.2) is 9.69 Å². The highest BCUT2D eigenvalue weighted by Crippen LogP contribution is 2.33. The van der Waals surface area contributed by atoms with Crippen LogP contribution in [0.5, 0.6) is 0 Å². The van der Waals surface area contributed by atoms with Crippen LogP contribution in [0, 0.1) is 13.8 Å². The van der Waals surface area contributed by atoms with Crippen molar-refractivity contribution in [2.24, 2.45) is 0 Å². The molecule has 1 aromatic carbocycles. The van der Waals surface area contributed by atoms with Gasteiger partial charge in [-0.15, -0.1) is 0 Å². The lowest BCUT2D eigenvalue weighted by Gasteiger charge is -2.36. The molecule has 1 aliphatic carbocycles. The number of hydrogen-bond acceptors (Lipinski definition) is 5. The van der Waals surface area contributed by atoms with Crippen molar-refractivity contribution in [2.45, 2.75) is 51.5 Å². The predicted octanol–water partition coefficient (Wildman–Crippen LogP) is 2.07. The smallest absolute Gasteiger partial charge is 0.325 e. The number of benzene rings is 1. The second kappa shape index (κ2) is 8.96. The first-order valence-electron chi connectivity index (χ1n) is 11.3. The fraction of sp³-hybridized carbons (Fsp3) is 0.609. The predicted molar refractivity (Wildman–Crippen MR) is 119 cm³/mol. The molecule has 4 rings (SSSR count). The topological polar surface area (TPSA) is 85.0 Å². The van der Waals surface area contributed by atoms with Crippen molar-refractivity contribution >= 4 is 23.5 Å². The van der Waals surface area contributed by atoms with Gasteiger partial charge in [0.25, 0.3) is 5.91 Å². The number of urea groups is 1. The van der Waals surface area contributed by atoms with Crippen molar-refractivity contribution in [2.75, 3.05) is 44.7 Å². The molecule has 0 bridgehead atoms. The van der Waals surface area contributed by atoms with Crippen LogP contribution in [-0.4, -0.2) is 77.5 Å². The molecule has 2 N–H and O–H groups in total. The molecule has 0 aromatic heterocycles. The highest BCUT2D eigenvalue weighted by Gasteiger charge is 2.51. The number of nitrogens with one attached hydrogen (secondary N) is 2. The number of imide groups is 1. The van der Waals surface area contributed by atoms with Gasteiger partial charge in [0.1, 0.15) is 5.54 Å². The first-order chi connectivity index (χ1) is 14.9. The minimum absolute atomic E-state index is 0.0181. The van der Waals surface area contributed by atoms with Crippen molar-refractivity contribution in [1.29, 1.82) is 0 Å². The van der Waals surface area contributed by atoms with E-state index in [0.29, 0.717) is 13.2 Å². The Morgan fingerprint density at radius 1 is 1.03 bits per heavy atom. The number of anilines is 1. The highest BCUT2D eigenvalue weighted by atomic mass is 16.2. The van der Waals surface area contributed by atoms with Crippen LogP contribution in [0.4, 0.5) is 10.5 Å². The lowest BCUT2D eigenvalue weighted by molar-refractivity contribution is -0.134. The molecule has 3 fully saturated rings. The van der Waals surface area contributed by atoms with Crippen molar-refractivity contribution in [3.05, 3.63) is 29.3 Å². The first-order valence-corrected chi connectivity index (χ1v) is 11.3. The van der Waals surface area contributed by atoms with Gasteiger partial charge in [0.05, 0.1) is 13.2 Å². The van der Waals surface area contributed by atoms with E-state index in [1.165, 1.54) is 4.90 Å². The van der Waals surface area contributed by atoms with Gasteiger partial charge in [-0.3, -0.25) is 19.4 Å². The Morgan fingerprint density at radius 3 is 2.42 bits per heavy atom. The van der Waals surface area contributed by atoms with Gasteiger partial charge in [-0.2, -0.15) is 0 Å². The Bertz CT molecular complexity index is 857. The molecule has 3 aliphatic rings. The van der Waals surface area contributed by atoms with Gasteiger partial charge < -0.3 is 10.6 Å². The molecule has 0 radical (unpaired) electrons. The molecule has 2 saturated heterocycles. The van der Waals surface area contributed by atoms with E-state index < -0.39 is 5.54 Å². The molecule has 8 nitrogen and oxygen atoms in total. The Balaban J connectivity index is 1.25. The Hall–Kier alpha value is -2.45. The molecule has 31 heavy (non-hydrogen) atoms. The highest BCUT2D eigenvalue weighted by molar-refractivity contribution is 6.07. The maximum Gasteiger partial charge on any atom is 0.326 e. The van der Waals surface area contributed by atoms with Crippen LogP contribution >= 0.6 is 0 Å². The van der Waals surface area contributed by atoms with Gasteiger partial charge in [0, 0.05) is 31.9 Å². The Labute approximate surface area is 183 Å². The van der Waals surface area contributed by atoms with Crippen LogP contribution in [0.1, 0.15) is 43.2 Å². The second-order valence-electron chi connectivity index (χ2n) is 9.14. The quantitative estimate of drug-likeness (QED) is 0.703. The average Bonchev–Trinajstić information content (AvgIpc) is 2.97. The number of carbonyl (C=O) groups is 3. The summed E-state index contributed by atoms with van der Waals surface area (Å²) >= 11 is 0. The number of hydrogen-bond donors (Lipinski definition) is 2. The number of nitrogens with zero attached hydrogens (tertiary/aromatic N) is 3. The minimum atomic E-state index is -0.664. The normalized spacial score (nSPS) is 22.1. The number of aryl methyl sites for hydroxylation is 1. The minimum Gasteiger partial charge on any atom is -0.325 e. The van der Waals surface area contributed by atoms with E-state index in [-0.39, 0.29) is 17.8 Å². The van der Waals surface area contributed by atoms with Gasteiger partial charge in [0.15, 0.2) is 0 Å². The third kappa shape index (κ3) is 4.60. The maximum absolute atomic E-state index is 13.0. The number of carbonyl (C=O) groups excluding carboxylic acids is 3. The fourth-order valence-corrected chi connectivity index (χ4v) is 4.87. The summed E-state index contributed by atoms with van der Waals surface area (Å²) in [5.74, 6) is -0.0805. The number of amides is 4. The summed E-state index contributed by atoms with van der Waals surface area (Å²) in [7, 11) is 0. The van der Waals surface area contributed by atoms with E-state index in [1.807, 2.05) is 32.0 Å². The zero-order valence-corrected chi connectivity index (χ0v) is 18.6. The zero-order chi connectivity index (χ0) is 22.0. The van der Waals surface area contributed by atoms with Crippen LogP contribution in [0.25, 0.3) is 0 Å². The van der Waals surface area contributed by atoms with Gasteiger partial charge in [0.2, 0.25) is 5.91 Å². The summed E-state index contributed by atoms with van der Waals surface area (Å²) in [5.41, 5.74) is 2.44. The molecule has 8 heteroatoms. The second-order valence-corrected chi connectivity index (χ2v) is 9.14. The van der Waals surface area contributed by atoms with Crippen LogP contribution < -0.4 is 10.6 Å². The Morgan fingerprint density at radius 2 is 1.71 bits per heavy atom. The summed E-state index contributed by atoms with van der Waals surface area (Å²) in [5, 5.41) is 5.99. The van der Waals surface area contributed by atoms with E-state index in [1.54, 1.807) is 0 Å². The van der Waals surface area contributed by atoms with Crippen LogP contribution in [0.2, 0.25) is 0 Å². The zero-order valence-electron chi connectivity index (χ0n) is 18.6. The molecule has 1 spiro atoms. The molecular formula is C23H33N5O3. The van der Waals surface area contributed by atoms with E-state index in [9.17, 15) is 14.4 Å². The molecule has 1 aromatic rings. The first kappa shape index (κ1) is 21.8. The lowest BCUT2D eigenvalue weighted by Crippen LogP contribution is -2.53. The molecule has 0 unspecified atom stereocenters. The van der Waals surface area contributed by atoms with E-state index in [0.717, 1.165) is 75.1 Å². The summed E-state index contributed by atoms with van der Waals surface area (Å²) in [6, 6.07) is 5.65. The van der Waals surface area contributed by atoms with Crippen LogP contribution in [0.3, 0.4) is 0 Å². The van der Waals surface area contributed by atoms with E-state index >= 15 is 0 Å². The third-order valence-corrected chi connectivity index (χ3v) is 7.01. The Kier molecular flexibility index (Phi) is 6.29. The standard InChI is InChI=1S/C23H33N5O3/c1-17-7-6-8-19(18(17)2)24-20(29)15-26-11-13-27(14-12-26)16-28-21(30)23(25-22(28)31)9-4-3-5-10-23/h6-8H,3-5,9-16H2,1-2H3,(H,24,29)(H,25,31). The average molecular weight is 428 g/mol. The molecule has 168 valence electrons. The maximum atomic E-state index is 13.0. The molecule has 1 saturated carbocycles. The molecule has 0 atom stereocenters. The summed E-state index contributed by atoms with van der Waals surface area (Å²) in [6.07, 6.45) is 4.60. The van der Waals surface area contributed by atoms with Gasteiger partial charge >= 0.3 is 6.03 Å².